The molecule has 0 spiro atoms. The summed E-state index contributed by atoms with van der Waals surface area (Å²) in [4.78, 5) is 96.9. The second-order valence-corrected chi connectivity index (χ2v) is 23.7. The molecule has 8 rings (SSSR count). The van der Waals surface area contributed by atoms with Crippen molar-refractivity contribution in [3.8, 4) is 21.6 Å². The summed E-state index contributed by atoms with van der Waals surface area (Å²) in [7, 11) is 2.01. The number of ether oxygens (including phenoxy) is 2. The molecule has 0 saturated carbocycles. The lowest BCUT2D eigenvalue weighted by Gasteiger charge is -2.35. The molecule has 3 aliphatic rings. The number of hydrogen-bond acceptors (Lipinski definition) is 15. The van der Waals surface area contributed by atoms with Crippen molar-refractivity contribution < 1.29 is 51.7 Å². The number of amides is 3. The maximum Gasteiger partial charge on any atom is 0.417 e. The van der Waals surface area contributed by atoms with Gasteiger partial charge in [0.25, 0.3) is 5.91 Å². The van der Waals surface area contributed by atoms with Gasteiger partial charge in [-0.25, -0.2) is 4.98 Å². The minimum Gasteiger partial charge on any atom is -0.391 e. The zero-order valence-electron chi connectivity index (χ0n) is 47.9. The van der Waals surface area contributed by atoms with Gasteiger partial charge in [-0.3, -0.25) is 38.6 Å². The molecule has 3 fully saturated rings. The largest absolute Gasteiger partial charge is 0.417 e. The molecule has 5 aromatic rings. The highest BCUT2D eigenvalue weighted by Crippen LogP contribution is 2.37. The molecule has 0 bridgehead atoms. The minimum atomic E-state index is -4.91. The van der Waals surface area contributed by atoms with Crippen LogP contribution in [-0.2, 0) is 47.8 Å². The first-order valence-electron chi connectivity index (χ1n) is 28.3. The number of hydrogen-bond donors (Lipinski definition) is 4. The van der Waals surface area contributed by atoms with Gasteiger partial charge < -0.3 is 44.9 Å². The van der Waals surface area contributed by atoms with Crippen LogP contribution in [-0.4, -0.2) is 182 Å². The first-order chi connectivity index (χ1) is 39.6. The SMILES string of the molecule is Cc1ncsc1-c1ccc(CCC(=O)[C@@H]2C[C@@H](O)CN2C(=O)[C@@H](CC(=O)COCCOCC(=O)NCCN2CCN(Cc3cccc(-c4ccc(N5CCN(C)CC5)c(NC(=O)c5c[nH]c(=O)cc5C(F)(F)F)c4)c3)CC2)C(C)(C)C)cc1. The van der Waals surface area contributed by atoms with Crippen molar-refractivity contribution >= 4 is 52.0 Å². The minimum absolute atomic E-state index is 0.0257. The van der Waals surface area contributed by atoms with Gasteiger partial charge in [0.15, 0.2) is 11.6 Å². The Morgan fingerprint density at radius 2 is 1.53 bits per heavy atom. The van der Waals surface area contributed by atoms with Crippen LogP contribution in [0.1, 0.15) is 72.8 Å². The highest BCUT2D eigenvalue weighted by atomic mass is 32.1. The predicted molar refractivity (Wildman–Crippen MR) is 312 cm³/mol. The number of piperazine rings is 2. The third kappa shape index (κ3) is 17.2. The molecule has 0 aliphatic carbocycles. The fourth-order valence-corrected chi connectivity index (χ4v) is 11.6. The lowest BCUT2D eigenvalue weighted by molar-refractivity contribution is -0.146. The Morgan fingerprint density at radius 3 is 2.22 bits per heavy atom. The maximum absolute atomic E-state index is 14.1. The summed E-state index contributed by atoms with van der Waals surface area (Å²) in [5.41, 5.74) is 5.00. The number of pyridine rings is 1. The molecule has 446 valence electrons. The first-order valence-corrected chi connectivity index (χ1v) is 29.1. The van der Waals surface area contributed by atoms with Crippen molar-refractivity contribution in [2.24, 2.45) is 11.3 Å². The Kier molecular flexibility index (Phi) is 21.3. The van der Waals surface area contributed by atoms with Crippen LogP contribution in [0.15, 0.2) is 89.3 Å². The van der Waals surface area contributed by atoms with Gasteiger partial charge in [-0.05, 0) is 71.8 Å². The Labute approximate surface area is 486 Å². The summed E-state index contributed by atoms with van der Waals surface area (Å²) in [5, 5.41) is 16.3. The smallest absolute Gasteiger partial charge is 0.391 e. The number of aliphatic hydroxyl groups excluding tert-OH is 1. The van der Waals surface area contributed by atoms with Crippen LogP contribution in [0.2, 0.25) is 0 Å². The number of likely N-dealkylation sites (N-methyl/N-ethyl adjacent to an activating group) is 1. The van der Waals surface area contributed by atoms with Crippen LogP contribution in [0.25, 0.3) is 21.6 Å². The van der Waals surface area contributed by atoms with Crippen molar-refractivity contribution in [2.75, 3.05) is 116 Å². The number of β-amino-alcohol motifs (C(OH)–C–C–N with tert-alkyl or cyclic N) is 1. The zero-order valence-corrected chi connectivity index (χ0v) is 48.7. The molecule has 3 aliphatic heterocycles. The predicted octanol–water partition coefficient (Wildman–Crippen LogP) is 6.55. The lowest BCUT2D eigenvalue weighted by Crippen LogP contribution is -2.48. The van der Waals surface area contributed by atoms with Gasteiger partial charge in [-0.2, -0.15) is 13.2 Å². The van der Waals surface area contributed by atoms with Crippen molar-refractivity contribution in [2.45, 2.75) is 78.2 Å². The van der Waals surface area contributed by atoms with E-state index < -0.39 is 52.2 Å². The number of anilines is 2. The average molecular weight is 1170 g/mol. The fraction of sp³-hybridized carbons (Fsp3) is 0.492. The molecule has 18 nitrogen and oxygen atoms in total. The number of alkyl halides is 3. The number of thiazole rings is 1. The van der Waals surface area contributed by atoms with Crippen molar-refractivity contribution in [3.63, 3.8) is 0 Å². The van der Waals surface area contributed by atoms with E-state index in [-0.39, 0.29) is 75.6 Å². The number of nitrogens with one attached hydrogen (secondary N) is 3. The number of likely N-dealkylation sites (tertiary alicyclic amines) is 1. The Balaban J connectivity index is 0.726. The number of Topliss-reactive ketones (excluding diaryl/α,β-unsaturated/α-hetero) is 2. The molecule has 4 N–H and O–H groups in total. The molecule has 5 heterocycles. The standard InChI is InChI=1S/C61H76F3N9O9S/c1-40-57(83-39-67-40)43-12-9-41(10-13-43)11-16-54(76)53-32-46(74)36-73(53)59(80)50(60(2,3)4)31-47(75)37-81-27-28-82-38-56(78)65-17-18-70-21-23-71(24-22-70)35-42-7-6-8-44(29-42)45-14-15-52(72-25-19-69(5)20-26-72)51(30-45)68-58(79)48-34-66-55(77)33-49(48)61(62,63)64/h6-10,12-15,29-30,33-34,39,46,50,53,74H,11,16-28,31-32,35-38H2,1-5H3,(H,65,78)(H,66,77)(H,68,79)/t46-,50-,53+/m1/s1. The van der Waals surface area contributed by atoms with Gasteiger partial charge in [-0.1, -0.05) is 69.3 Å². The van der Waals surface area contributed by atoms with E-state index in [0.717, 1.165) is 83.9 Å². The Bertz CT molecular complexity index is 3110. The highest BCUT2D eigenvalue weighted by molar-refractivity contribution is 7.13. The van der Waals surface area contributed by atoms with Crippen LogP contribution in [0, 0.1) is 18.3 Å². The number of halogens is 3. The third-order valence-electron chi connectivity index (χ3n) is 15.6. The number of aliphatic hydroxyl groups is 1. The van der Waals surface area contributed by atoms with Crippen LogP contribution < -0.4 is 21.1 Å². The van der Waals surface area contributed by atoms with E-state index >= 15 is 0 Å². The van der Waals surface area contributed by atoms with Crippen LogP contribution in [0.5, 0.6) is 0 Å². The normalized spacial score (nSPS) is 17.8. The number of aryl methyl sites for hydroxylation is 2. The molecule has 3 saturated heterocycles. The summed E-state index contributed by atoms with van der Waals surface area (Å²) in [6, 6.07) is 21.3. The molecular weight excluding hydrogens is 1090 g/mol. The lowest BCUT2D eigenvalue weighted by atomic mass is 9.76. The second-order valence-electron chi connectivity index (χ2n) is 22.9. The molecule has 2 aromatic heterocycles. The number of rotatable bonds is 24. The fourth-order valence-electron chi connectivity index (χ4n) is 10.8. The number of ketones is 2. The van der Waals surface area contributed by atoms with Crippen LogP contribution >= 0.6 is 11.3 Å². The summed E-state index contributed by atoms with van der Waals surface area (Å²) in [5.74, 6) is -2.76. The van der Waals surface area contributed by atoms with E-state index in [1.165, 1.54) is 4.90 Å². The van der Waals surface area contributed by atoms with E-state index in [1.54, 1.807) is 17.4 Å². The number of aromatic nitrogens is 2. The summed E-state index contributed by atoms with van der Waals surface area (Å²) in [6.07, 6.45) is -4.20. The molecule has 22 heteroatoms. The molecule has 0 unspecified atom stereocenters. The van der Waals surface area contributed by atoms with Crippen LogP contribution in [0.4, 0.5) is 24.5 Å². The Morgan fingerprint density at radius 1 is 0.843 bits per heavy atom. The average Bonchev–Trinajstić information content (AvgIpc) is 4.32. The number of nitrogens with zero attached hydrogens (tertiary/aromatic N) is 6. The summed E-state index contributed by atoms with van der Waals surface area (Å²) in [6.45, 7) is 15.1. The van der Waals surface area contributed by atoms with Crippen LogP contribution in [0.3, 0.4) is 0 Å². The zero-order chi connectivity index (χ0) is 59.4. The highest BCUT2D eigenvalue weighted by Gasteiger charge is 2.44. The van der Waals surface area contributed by atoms with Gasteiger partial charge in [-0.15, -0.1) is 11.3 Å². The van der Waals surface area contributed by atoms with Crippen molar-refractivity contribution in [1.29, 1.82) is 0 Å². The van der Waals surface area contributed by atoms with Gasteiger partial charge in [0.2, 0.25) is 17.4 Å². The summed E-state index contributed by atoms with van der Waals surface area (Å²) < 4.78 is 53.0. The number of aromatic amines is 1. The quantitative estimate of drug-likeness (QED) is 0.0484. The molecule has 3 aromatic carbocycles. The van der Waals surface area contributed by atoms with Gasteiger partial charge >= 0.3 is 6.18 Å². The Hall–Kier alpha value is -6.66. The van der Waals surface area contributed by atoms with E-state index in [2.05, 4.69) is 46.3 Å². The van der Waals surface area contributed by atoms with E-state index in [1.807, 2.05) is 94.9 Å². The molecule has 83 heavy (non-hydrogen) atoms. The number of carbonyl (C=O) groups excluding carboxylic acids is 5. The van der Waals surface area contributed by atoms with E-state index in [9.17, 15) is 47.0 Å². The van der Waals surface area contributed by atoms with E-state index in [0.29, 0.717) is 56.6 Å². The third-order valence-corrected chi connectivity index (χ3v) is 16.6. The maximum atomic E-state index is 14.1. The number of benzene rings is 3. The molecule has 3 atom stereocenters. The van der Waals surface area contributed by atoms with Gasteiger partial charge in [0, 0.05) is 116 Å². The van der Waals surface area contributed by atoms with E-state index in [4.69, 9.17) is 9.47 Å². The summed E-state index contributed by atoms with van der Waals surface area (Å²) >= 11 is 1.58. The topological polar surface area (TPSA) is 210 Å². The van der Waals surface area contributed by atoms with Crippen molar-refractivity contribution in [3.05, 3.63) is 123 Å². The molecular formula is C61H76F3N9O9S. The van der Waals surface area contributed by atoms with Crippen molar-refractivity contribution in [1.82, 2.24) is 34.9 Å². The second kappa shape index (κ2) is 28.3. The number of H-pyrrole nitrogens is 1. The molecule has 3 amide bonds. The molecule has 0 radical (unpaired) electrons. The van der Waals surface area contributed by atoms with Gasteiger partial charge in [0.05, 0.1) is 63.9 Å². The number of carbonyl (C=O) groups is 5. The first kappa shape index (κ1) is 62.4. The monoisotopic (exact) mass is 1170 g/mol. The van der Waals surface area contributed by atoms with Gasteiger partial charge in [0.1, 0.15) is 13.2 Å².